The van der Waals surface area contributed by atoms with Gasteiger partial charge in [-0.2, -0.15) is 4.98 Å². The molecular formula is C24H13ClN4O2. The van der Waals surface area contributed by atoms with Gasteiger partial charge >= 0.3 is 5.63 Å². The van der Waals surface area contributed by atoms with Crippen molar-refractivity contribution in [3.05, 3.63) is 94.3 Å². The lowest BCUT2D eigenvalue weighted by atomic mass is 10.2. The fourth-order valence-corrected chi connectivity index (χ4v) is 3.97. The first-order valence-corrected chi connectivity index (χ1v) is 10.0. The number of hydrogen-bond acceptors (Lipinski definition) is 5. The number of halogens is 1. The van der Waals surface area contributed by atoms with Crippen molar-refractivity contribution in [3.63, 3.8) is 0 Å². The summed E-state index contributed by atoms with van der Waals surface area (Å²) in [6, 6.07) is 24.3. The molecule has 6 nitrogen and oxygen atoms in total. The minimum Gasteiger partial charge on any atom is -0.403 e. The number of para-hydroxylation sites is 3. The zero-order valence-corrected chi connectivity index (χ0v) is 16.7. The quantitative estimate of drug-likeness (QED) is 0.372. The van der Waals surface area contributed by atoms with E-state index in [0.29, 0.717) is 32.9 Å². The smallest absolute Gasteiger partial charge is 0.351 e. The average Bonchev–Trinajstić information content (AvgIpc) is 3.12. The predicted molar refractivity (Wildman–Crippen MR) is 121 cm³/mol. The predicted octanol–water partition coefficient (Wildman–Crippen LogP) is 5.40. The molecule has 0 aliphatic rings. The molecule has 0 saturated carbocycles. The zero-order valence-electron chi connectivity index (χ0n) is 16.0. The molecule has 148 valence electrons. The number of rotatable bonds is 2. The number of benzene rings is 3. The molecule has 6 rings (SSSR count). The van der Waals surface area contributed by atoms with E-state index in [1.807, 2.05) is 71.3 Å². The van der Waals surface area contributed by atoms with Gasteiger partial charge in [0, 0.05) is 5.69 Å². The maximum absolute atomic E-state index is 13.1. The van der Waals surface area contributed by atoms with E-state index < -0.39 is 5.63 Å². The molecule has 0 aliphatic heterocycles. The third kappa shape index (κ3) is 2.73. The highest BCUT2D eigenvalue weighted by molar-refractivity contribution is 6.33. The minimum atomic E-state index is -0.538. The topological polar surface area (TPSA) is 73.8 Å². The molecule has 0 amide bonds. The van der Waals surface area contributed by atoms with Crippen molar-refractivity contribution in [2.24, 2.45) is 0 Å². The van der Waals surface area contributed by atoms with Crippen LogP contribution in [0.2, 0.25) is 5.02 Å². The van der Waals surface area contributed by atoms with Crippen molar-refractivity contribution in [2.45, 2.75) is 0 Å². The van der Waals surface area contributed by atoms with Crippen LogP contribution in [0.5, 0.6) is 0 Å². The van der Waals surface area contributed by atoms with Gasteiger partial charge in [-0.15, -0.1) is 0 Å². The van der Waals surface area contributed by atoms with Gasteiger partial charge in [-0.05, 0) is 36.4 Å². The molecule has 3 aromatic heterocycles. The summed E-state index contributed by atoms with van der Waals surface area (Å²) in [5.41, 5.74) is 3.64. The Labute approximate surface area is 180 Å². The highest BCUT2D eigenvalue weighted by atomic mass is 35.5. The van der Waals surface area contributed by atoms with Crippen LogP contribution in [0.15, 0.2) is 88.1 Å². The molecule has 0 N–H and O–H groups in total. The molecule has 6 aromatic rings. The number of nitrogens with zero attached hydrogens (tertiary/aromatic N) is 4. The summed E-state index contributed by atoms with van der Waals surface area (Å²) in [6.07, 6.45) is 0. The largest absolute Gasteiger partial charge is 0.403 e. The van der Waals surface area contributed by atoms with Crippen LogP contribution >= 0.6 is 11.6 Å². The van der Waals surface area contributed by atoms with E-state index in [9.17, 15) is 4.79 Å². The van der Waals surface area contributed by atoms with Crippen LogP contribution in [0.4, 0.5) is 0 Å². The standard InChI is InChI=1S/C24H13ClN4O2/c25-16-11-5-4-10-15(16)23-28-21-19(24(30)31-23)20-22(29(21)14-8-2-1-3-9-14)27-18-13-7-6-12-17(18)26-20/h1-13H. The van der Waals surface area contributed by atoms with Gasteiger partial charge in [-0.25, -0.2) is 14.8 Å². The fraction of sp³-hybridized carbons (Fsp3) is 0. The Morgan fingerprint density at radius 1 is 0.742 bits per heavy atom. The van der Waals surface area contributed by atoms with E-state index in [2.05, 4.69) is 0 Å². The van der Waals surface area contributed by atoms with Crippen LogP contribution in [0, 0.1) is 0 Å². The third-order valence-electron chi connectivity index (χ3n) is 5.16. The Bertz CT molecular complexity index is 1670. The maximum Gasteiger partial charge on any atom is 0.351 e. The first kappa shape index (κ1) is 17.8. The fourth-order valence-electron chi connectivity index (χ4n) is 3.76. The molecule has 0 aliphatic carbocycles. The summed E-state index contributed by atoms with van der Waals surface area (Å²) >= 11 is 6.34. The Morgan fingerprint density at radius 3 is 2.19 bits per heavy atom. The molecular weight excluding hydrogens is 412 g/mol. The third-order valence-corrected chi connectivity index (χ3v) is 5.49. The molecule has 0 saturated heterocycles. The Kier molecular flexibility index (Phi) is 3.88. The number of hydrogen-bond donors (Lipinski definition) is 0. The first-order valence-electron chi connectivity index (χ1n) is 9.63. The monoisotopic (exact) mass is 424 g/mol. The maximum atomic E-state index is 13.1. The van der Waals surface area contributed by atoms with Gasteiger partial charge in [-0.3, -0.25) is 4.57 Å². The van der Waals surface area contributed by atoms with Crippen LogP contribution in [0.3, 0.4) is 0 Å². The van der Waals surface area contributed by atoms with E-state index in [4.69, 9.17) is 31.0 Å². The molecule has 7 heteroatoms. The SMILES string of the molecule is O=c1oc(-c2ccccc2Cl)nc2c1c1nc3ccccc3nc1n2-c1ccccc1. The Balaban J connectivity index is 1.81. The van der Waals surface area contributed by atoms with Gasteiger partial charge in [0.1, 0.15) is 10.9 Å². The van der Waals surface area contributed by atoms with Crippen molar-refractivity contribution in [1.29, 1.82) is 0 Å². The van der Waals surface area contributed by atoms with Crippen LogP contribution in [0.25, 0.3) is 50.4 Å². The lowest BCUT2D eigenvalue weighted by Crippen LogP contribution is -2.04. The summed E-state index contributed by atoms with van der Waals surface area (Å²) in [6.45, 7) is 0. The molecule has 31 heavy (non-hydrogen) atoms. The number of aromatic nitrogens is 4. The van der Waals surface area contributed by atoms with Gasteiger partial charge in [-0.1, -0.05) is 54.1 Å². The van der Waals surface area contributed by atoms with E-state index in [1.54, 1.807) is 12.1 Å². The van der Waals surface area contributed by atoms with E-state index in [0.717, 1.165) is 11.2 Å². The van der Waals surface area contributed by atoms with E-state index in [-0.39, 0.29) is 11.3 Å². The van der Waals surface area contributed by atoms with E-state index >= 15 is 0 Å². The van der Waals surface area contributed by atoms with E-state index in [1.165, 1.54) is 0 Å². The van der Waals surface area contributed by atoms with Crippen molar-refractivity contribution >= 4 is 44.8 Å². The molecule has 0 bridgehead atoms. The van der Waals surface area contributed by atoms with Gasteiger partial charge in [0.05, 0.1) is 21.6 Å². The summed E-state index contributed by atoms with van der Waals surface area (Å²) in [5, 5.41) is 0.731. The second-order valence-electron chi connectivity index (χ2n) is 7.04. The lowest BCUT2D eigenvalue weighted by Gasteiger charge is -2.07. The zero-order chi connectivity index (χ0) is 20.9. The molecule has 0 spiro atoms. The van der Waals surface area contributed by atoms with Crippen molar-refractivity contribution in [3.8, 4) is 17.1 Å². The number of fused-ring (bicyclic) bond motifs is 4. The van der Waals surface area contributed by atoms with Crippen LogP contribution < -0.4 is 5.63 Å². The summed E-state index contributed by atoms with van der Waals surface area (Å²) < 4.78 is 7.43. The van der Waals surface area contributed by atoms with Crippen molar-refractivity contribution in [1.82, 2.24) is 19.5 Å². The first-order chi connectivity index (χ1) is 15.2. The molecule has 3 heterocycles. The Hall–Kier alpha value is -4.03. The highest BCUT2D eigenvalue weighted by Gasteiger charge is 2.22. The second-order valence-corrected chi connectivity index (χ2v) is 7.45. The van der Waals surface area contributed by atoms with Gasteiger partial charge in [0.2, 0.25) is 5.89 Å². The molecule has 3 aromatic carbocycles. The van der Waals surface area contributed by atoms with Crippen LogP contribution in [0.1, 0.15) is 0 Å². The van der Waals surface area contributed by atoms with Crippen LogP contribution in [-0.4, -0.2) is 19.5 Å². The van der Waals surface area contributed by atoms with Crippen molar-refractivity contribution < 1.29 is 4.42 Å². The summed E-state index contributed by atoms with van der Waals surface area (Å²) in [5.74, 6) is 0.146. The Morgan fingerprint density at radius 2 is 1.42 bits per heavy atom. The van der Waals surface area contributed by atoms with Crippen LogP contribution in [-0.2, 0) is 0 Å². The van der Waals surface area contributed by atoms with Gasteiger partial charge in [0.15, 0.2) is 11.3 Å². The highest BCUT2D eigenvalue weighted by Crippen LogP contribution is 2.31. The van der Waals surface area contributed by atoms with Gasteiger partial charge < -0.3 is 4.42 Å². The lowest BCUT2D eigenvalue weighted by molar-refractivity contribution is 0.518. The van der Waals surface area contributed by atoms with Crippen molar-refractivity contribution in [2.75, 3.05) is 0 Å². The minimum absolute atomic E-state index is 0.146. The molecule has 0 atom stereocenters. The molecule has 0 radical (unpaired) electrons. The van der Waals surface area contributed by atoms with Gasteiger partial charge in [0.25, 0.3) is 0 Å². The second kappa shape index (κ2) is 6.75. The molecule has 0 fully saturated rings. The average molecular weight is 425 g/mol. The summed E-state index contributed by atoms with van der Waals surface area (Å²) in [7, 11) is 0. The molecule has 0 unspecified atom stereocenters. The summed E-state index contributed by atoms with van der Waals surface area (Å²) in [4.78, 5) is 27.4. The normalized spacial score (nSPS) is 11.5.